The van der Waals surface area contributed by atoms with Gasteiger partial charge in [0.15, 0.2) is 10.3 Å². The number of anilines is 1. The van der Waals surface area contributed by atoms with Crippen LogP contribution in [0, 0.1) is 0 Å². The van der Waals surface area contributed by atoms with Gasteiger partial charge >= 0.3 is 0 Å². The van der Waals surface area contributed by atoms with Crippen LogP contribution < -0.4 is 4.90 Å². The Morgan fingerprint density at radius 2 is 2.11 bits per heavy atom. The average molecular weight is 287 g/mol. The normalized spacial score (nSPS) is 28.5. The van der Waals surface area contributed by atoms with Gasteiger partial charge in [-0.2, -0.15) is 0 Å². The van der Waals surface area contributed by atoms with Crippen molar-refractivity contribution in [2.75, 3.05) is 24.5 Å². The van der Waals surface area contributed by atoms with Crippen LogP contribution in [0.1, 0.15) is 19.8 Å². The van der Waals surface area contributed by atoms with Crippen molar-refractivity contribution in [2.24, 2.45) is 0 Å². The zero-order valence-corrected chi connectivity index (χ0v) is 11.8. The second kappa shape index (κ2) is 4.83. The molecule has 0 aromatic carbocycles. The van der Waals surface area contributed by atoms with Crippen molar-refractivity contribution in [3.05, 3.63) is 16.4 Å². The Morgan fingerprint density at radius 3 is 2.94 bits per heavy atom. The highest BCUT2D eigenvalue weighted by Gasteiger charge is 2.35. The summed E-state index contributed by atoms with van der Waals surface area (Å²) in [5.74, 6) is 0. The van der Waals surface area contributed by atoms with Crippen molar-refractivity contribution in [3.8, 4) is 0 Å². The quantitative estimate of drug-likeness (QED) is 0.794. The molecule has 0 N–H and O–H groups in total. The van der Waals surface area contributed by atoms with Crippen LogP contribution in [-0.2, 0) is 0 Å². The number of halogens is 2. The van der Waals surface area contributed by atoms with E-state index in [4.69, 9.17) is 23.2 Å². The second-order valence-corrected chi connectivity index (χ2v) is 5.88. The van der Waals surface area contributed by atoms with Crippen molar-refractivity contribution in [2.45, 2.75) is 31.8 Å². The highest BCUT2D eigenvalue weighted by atomic mass is 35.5. The van der Waals surface area contributed by atoms with Gasteiger partial charge in [0.2, 0.25) is 0 Å². The molecule has 2 aliphatic heterocycles. The lowest BCUT2D eigenvalue weighted by Crippen LogP contribution is -2.55. The minimum absolute atomic E-state index is 0.399. The fraction of sp³-hybridized carbons (Fsp3) is 0.667. The fourth-order valence-electron chi connectivity index (χ4n) is 3.07. The predicted octanol–water partition coefficient (Wildman–Crippen LogP) is 2.46. The van der Waals surface area contributed by atoms with Crippen molar-refractivity contribution in [3.63, 3.8) is 0 Å². The summed E-state index contributed by atoms with van der Waals surface area (Å²) in [6.45, 7) is 5.54. The van der Waals surface area contributed by atoms with Crippen LogP contribution in [0.15, 0.2) is 6.07 Å². The molecular formula is C12H16Cl2N4. The van der Waals surface area contributed by atoms with Gasteiger partial charge in [-0.1, -0.05) is 23.2 Å². The van der Waals surface area contributed by atoms with Gasteiger partial charge in [-0.3, -0.25) is 4.90 Å². The maximum atomic E-state index is 6.15. The second-order valence-electron chi connectivity index (χ2n) is 5.14. The Morgan fingerprint density at radius 1 is 1.28 bits per heavy atom. The number of piperazine rings is 1. The third-order valence-electron chi connectivity index (χ3n) is 3.95. The summed E-state index contributed by atoms with van der Waals surface area (Å²) in [5.41, 5.74) is 0.913. The molecule has 0 amide bonds. The lowest BCUT2D eigenvalue weighted by molar-refractivity contribution is 0.203. The topological polar surface area (TPSA) is 32.3 Å². The molecule has 18 heavy (non-hydrogen) atoms. The molecule has 0 aliphatic carbocycles. The maximum absolute atomic E-state index is 6.15. The smallest absolute Gasteiger partial charge is 0.175 e. The van der Waals surface area contributed by atoms with Crippen molar-refractivity contribution in [1.82, 2.24) is 15.1 Å². The van der Waals surface area contributed by atoms with E-state index in [0.29, 0.717) is 22.4 Å². The molecule has 0 radical (unpaired) electrons. The summed E-state index contributed by atoms with van der Waals surface area (Å²) < 4.78 is 0. The lowest BCUT2D eigenvalue weighted by Gasteiger charge is -2.43. The number of hydrogen-bond donors (Lipinski definition) is 0. The van der Waals surface area contributed by atoms with E-state index in [9.17, 15) is 0 Å². The number of nitrogens with zero attached hydrogens (tertiary/aromatic N) is 4. The van der Waals surface area contributed by atoms with Gasteiger partial charge in [0.25, 0.3) is 0 Å². The van der Waals surface area contributed by atoms with E-state index < -0.39 is 0 Å². The van der Waals surface area contributed by atoms with Crippen LogP contribution >= 0.6 is 23.2 Å². The molecule has 2 aliphatic rings. The molecule has 3 heterocycles. The van der Waals surface area contributed by atoms with Crippen molar-refractivity contribution < 1.29 is 0 Å². The monoisotopic (exact) mass is 286 g/mol. The summed E-state index contributed by atoms with van der Waals surface area (Å²) in [6, 6.07) is 2.89. The van der Waals surface area contributed by atoms with Crippen LogP contribution in [-0.4, -0.2) is 46.8 Å². The minimum Gasteiger partial charge on any atom is -0.363 e. The summed E-state index contributed by atoms with van der Waals surface area (Å²) >= 11 is 12.1. The van der Waals surface area contributed by atoms with E-state index in [1.165, 1.54) is 19.4 Å². The first-order valence-corrected chi connectivity index (χ1v) is 7.10. The van der Waals surface area contributed by atoms with Gasteiger partial charge in [-0.05, 0) is 26.3 Å². The van der Waals surface area contributed by atoms with Crippen LogP contribution in [0.5, 0.6) is 0 Å². The van der Waals surface area contributed by atoms with Crippen LogP contribution in [0.2, 0.25) is 10.3 Å². The molecule has 98 valence electrons. The van der Waals surface area contributed by atoms with Crippen molar-refractivity contribution >= 4 is 28.9 Å². The minimum atomic E-state index is 0.399. The van der Waals surface area contributed by atoms with Crippen LogP contribution in [0.3, 0.4) is 0 Å². The number of rotatable bonds is 1. The highest BCUT2D eigenvalue weighted by Crippen LogP contribution is 2.32. The lowest BCUT2D eigenvalue weighted by atomic mass is 10.1. The molecule has 0 saturated carbocycles. The fourth-order valence-corrected chi connectivity index (χ4v) is 3.41. The average Bonchev–Trinajstić information content (AvgIpc) is 2.78. The van der Waals surface area contributed by atoms with Gasteiger partial charge in [0.1, 0.15) is 0 Å². The molecule has 2 unspecified atom stereocenters. The Kier molecular flexibility index (Phi) is 3.34. The summed E-state index contributed by atoms with van der Waals surface area (Å²) in [4.78, 5) is 4.89. The first-order chi connectivity index (χ1) is 8.65. The van der Waals surface area contributed by atoms with Crippen LogP contribution in [0.25, 0.3) is 0 Å². The molecule has 0 spiro atoms. The first kappa shape index (κ1) is 12.5. The van der Waals surface area contributed by atoms with E-state index in [-0.39, 0.29) is 0 Å². The van der Waals surface area contributed by atoms with E-state index in [1.54, 1.807) is 0 Å². The molecule has 0 bridgehead atoms. The van der Waals surface area contributed by atoms with Gasteiger partial charge in [-0.15, -0.1) is 10.2 Å². The standard InChI is InChI=1S/C12H16Cl2N4/c1-8-6-17-4-2-3-9(17)7-18(8)10-5-11(13)15-16-12(10)14/h5,8-9H,2-4,6-7H2,1H3. The van der Waals surface area contributed by atoms with E-state index in [0.717, 1.165) is 18.8 Å². The SMILES string of the molecule is CC1CN2CCCC2CN1c1cc(Cl)nnc1Cl. The molecule has 2 saturated heterocycles. The zero-order valence-electron chi connectivity index (χ0n) is 10.3. The predicted molar refractivity (Wildman–Crippen MR) is 73.5 cm³/mol. The maximum Gasteiger partial charge on any atom is 0.175 e. The Labute approximate surface area is 117 Å². The van der Waals surface area contributed by atoms with Crippen LogP contribution in [0.4, 0.5) is 5.69 Å². The van der Waals surface area contributed by atoms with Gasteiger partial charge < -0.3 is 4.90 Å². The first-order valence-electron chi connectivity index (χ1n) is 6.34. The number of fused-ring (bicyclic) bond motifs is 1. The van der Waals surface area contributed by atoms with E-state index in [2.05, 4.69) is 26.9 Å². The molecule has 4 nitrogen and oxygen atoms in total. The molecule has 6 heteroatoms. The summed E-state index contributed by atoms with van der Waals surface area (Å²) in [7, 11) is 0. The van der Waals surface area contributed by atoms with E-state index >= 15 is 0 Å². The molecule has 1 aromatic rings. The van der Waals surface area contributed by atoms with Gasteiger partial charge in [0, 0.05) is 31.2 Å². The third-order valence-corrected chi connectivity index (χ3v) is 4.40. The molecule has 1 aromatic heterocycles. The number of hydrogen-bond acceptors (Lipinski definition) is 4. The van der Waals surface area contributed by atoms with Gasteiger partial charge in [0.05, 0.1) is 5.69 Å². The van der Waals surface area contributed by atoms with Gasteiger partial charge in [-0.25, -0.2) is 0 Å². The van der Waals surface area contributed by atoms with Crippen molar-refractivity contribution in [1.29, 1.82) is 0 Å². The molecule has 2 fully saturated rings. The van der Waals surface area contributed by atoms with E-state index in [1.807, 2.05) is 6.07 Å². The number of aromatic nitrogens is 2. The summed E-state index contributed by atoms with van der Waals surface area (Å²) in [5, 5.41) is 8.52. The molecule has 2 atom stereocenters. The summed E-state index contributed by atoms with van der Waals surface area (Å²) in [6.07, 6.45) is 2.57. The Bertz CT molecular complexity index is 454. The highest BCUT2D eigenvalue weighted by molar-refractivity contribution is 6.33. The zero-order chi connectivity index (χ0) is 12.7. The molecular weight excluding hydrogens is 271 g/mol. The third kappa shape index (κ3) is 2.17. The molecule has 3 rings (SSSR count). The Hall–Kier alpha value is -0.580. The largest absolute Gasteiger partial charge is 0.363 e. The Balaban J connectivity index is 1.88.